The summed E-state index contributed by atoms with van der Waals surface area (Å²) in [5.74, 6) is 0. The van der Waals surface area contributed by atoms with Crippen molar-refractivity contribution in [3.8, 4) is 0 Å². The smallest absolute Gasteiger partial charge is 0.0678 e. The average molecular weight is 276 g/mol. The summed E-state index contributed by atoms with van der Waals surface area (Å²) in [4.78, 5) is 2.42. The number of morpholine rings is 1. The fourth-order valence-corrected chi connectivity index (χ4v) is 3.04. The molecule has 1 heterocycles. The lowest BCUT2D eigenvalue weighted by Gasteiger charge is -2.36. The number of hydrogen-bond donors (Lipinski definition) is 1. The van der Waals surface area contributed by atoms with Crippen LogP contribution in [0, 0.1) is 0 Å². The minimum Gasteiger partial charge on any atom is -0.373 e. The van der Waals surface area contributed by atoms with E-state index >= 15 is 0 Å². The van der Waals surface area contributed by atoms with Gasteiger partial charge in [0.15, 0.2) is 0 Å². The maximum Gasteiger partial charge on any atom is 0.0678 e. The van der Waals surface area contributed by atoms with Crippen LogP contribution in [0.15, 0.2) is 24.3 Å². The number of benzene rings is 1. The Morgan fingerprint density at radius 3 is 2.35 bits per heavy atom. The first kappa shape index (κ1) is 15.5. The first-order valence-electron chi connectivity index (χ1n) is 7.80. The van der Waals surface area contributed by atoms with Crippen LogP contribution in [0.4, 0.5) is 0 Å². The largest absolute Gasteiger partial charge is 0.373 e. The van der Waals surface area contributed by atoms with Crippen molar-refractivity contribution >= 4 is 0 Å². The van der Waals surface area contributed by atoms with Gasteiger partial charge in [-0.1, -0.05) is 37.6 Å². The maximum absolute atomic E-state index is 6.36. The number of aryl methyl sites for hydroxylation is 1. The Morgan fingerprint density at radius 2 is 1.80 bits per heavy atom. The zero-order chi connectivity index (χ0) is 14.5. The highest BCUT2D eigenvalue weighted by Crippen LogP contribution is 2.17. The summed E-state index contributed by atoms with van der Waals surface area (Å²) in [7, 11) is 0. The molecule has 1 aromatic carbocycles. The Kier molecular flexibility index (Phi) is 5.58. The Hall–Kier alpha value is -0.900. The van der Waals surface area contributed by atoms with Gasteiger partial charge in [0.25, 0.3) is 0 Å². The van der Waals surface area contributed by atoms with Gasteiger partial charge in [-0.05, 0) is 31.4 Å². The second kappa shape index (κ2) is 7.21. The van der Waals surface area contributed by atoms with Crippen molar-refractivity contribution < 1.29 is 4.74 Å². The van der Waals surface area contributed by atoms with Crippen LogP contribution in [0.3, 0.4) is 0 Å². The molecule has 0 amide bonds. The highest BCUT2D eigenvalue weighted by atomic mass is 16.5. The lowest BCUT2D eigenvalue weighted by Crippen LogP contribution is -2.47. The molecule has 1 unspecified atom stereocenters. The number of hydrogen-bond acceptors (Lipinski definition) is 3. The number of ether oxygens (including phenoxy) is 1. The first-order valence-corrected chi connectivity index (χ1v) is 7.80. The lowest BCUT2D eigenvalue weighted by molar-refractivity contribution is -0.0691. The van der Waals surface area contributed by atoms with E-state index in [1.54, 1.807) is 0 Å². The molecule has 1 aliphatic heterocycles. The standard InChI is InChI=1S/C17H28N2O/c1-4-5-15-6-8-16(9-7-15)17(18)12-19-10-13(2)20-14(3)11-19/h6-9,13-14,17H,4-5,10-12,18H2,1-3H3/t13-,14+,17?. The molecule has 3 heteroatoms. The first-order chi connectivity index (χ1) is 9.58. The molecule has 1 aromatic rings. The van der Waals surface area contributed by atoms with Gasteiger partial charge in [0.1, 0.15) is 0 Å². The van der Waals surface area contributed by atoms with E-state index in [1.807, 2.05) is 0 Å². The Bertz CT molecular complexity index is 394. The van der Waals surface area contributed by atoms with E-state index in [0.29, 0.717) is 12.2 Å². The predicted octanol–water partition coefficient (Wildman–Crippen LogP) is 2.75. The second-order valence-corrected chi connectivity index (χ2v) is 6.07. The predicted molar refractivity (Wildman–Crippen MR) is 83.8 cm³/mol. The van der Waals surface area contributed by atoms with Gasteiger partial charge in [-0.25, -0.2) is 0 Å². The summed E-state index contributed by atoms with van der Waals surface area (Å²) < 4.78 is 5.76. The molecule has 0 saturated carbocycles. The molecule has 1 fully saturated rings. The SMILES string of the molecule is CCCc1ccc(C(N)CN2C[C@@H](C)O[C@@H](C)C2)cc1. The van der Waals surface area contributed by atoms with Crippen molar-refractivity contribution in [3.63, 3.8) is 0 Å². The molecular weight excluding hydrogens is 248 g/mol. The van der Waals surface area contributed by atoms with Crippen LogP contribution in [-0.4, -0.2) is 36.7 Å². The van der Waals surface area contributed by atoms with Gasteiger partial charge in [-0.2, -0.15) is 0 Å². The molecular formula is C17H28N2O. The minimum atomic E-state index is 0.0863. The quantitative estimate of drug-likeness (QED) is 0.898. The molecule has 1 saturated heterocycles. The molecule has 0 bridgehead atoms. The van der Waals surface area contributed by atoms with E-state index in [-0.39, 0.29) is 6.04 Å². The minimum absolute atomic E-state index is 0.0863. The molecule has 2 rings (SSSR count). The highest BCUT2D eigenvalue weighted by molar-refractivity contribution is 5.25. The summed E-state index contributed by atoms with van der Waals surface area (Å²) in [6.45, 7) is 9.34. The third kappa shape index (κ3) is 4.30. The molecule has 3 nitrogen and oxygen atoms in total. The molecule has 112 valence electrons. The second-order valence-electron chi connectivity index (χ2n) is 6.07. The normalized spacial score (nSPS) is 25.6. The summed E-state index contributed by atoms with van der Waals surface area (Å²) >= 11 is 0. The van der Waals surface area contributed by atoms with E-state index in [2.05, 4.69) is 49.9 Å². The van der Waals surface area contributed by atoms with E-state index in [1.165, 1.54) is 17.5 Å². The van der Waals surface area contributed by atoms with Crippen LogP contribution >= 0.6 is 0 Å². The van der Waals surface area contributed by atoms with Gasteiger partial charge in [0.2, 0.25) is 0 Å². The summed E-state index contributed by atoms with van der Waals surface area (Å²) in [5, 5.41) is 0. The fourth-order valence-electron chi connectivity index (χ4n) is 3.04. The highest BCUT2D eigenvalue weighted by Gasteiger charge is 2.23. The van der Waals surface area contributed by atoms with Crippen molar-refractivity contribution in [1.82, 2.24) is 4.90 Å². The number of rotatable bonds is 5. The summed E-state index contributed by atoms with van der Waals surface area (Å²) in [6, 6.07) is 8.88. The molecule has 0 radical (unpaired) electrons. The Balaban J connectivity index is 1.92. The van der Waals surface area contributed by atoms with Gasteiger partial charge >= 0.3 is 0 Å². The third-order valence-corrected chi connectivity index (χ3v) is 3.90. The molecule has 0 aliphatic carbocycles. The van der Waals surface area contributed by atoms with Crippen LogP contribution < -0.4 is 5.73 Å². The van der Waals surface area contributed by atoms with Crippen LogP contribution in [0.25, 0.3) is 0 Å². The molecule has 0 aromatic heterocycles. The van der Waals surface area contributed by atoms with E-state index < -0.39 is 0 Å². The van der Waals surface area contributed by atoms with Crippen LogP contribution in [0.5, 0.6) is 0 Å². The number of nitrogens with zero attached hydrogens (tertiary/aromatic N) is 1. The molecule has 2 N–H and O–H groups in total. The van der Waals surface area contributed by atoms with Crippen molar-refractivity contribution in [2.75, 3.05) is 19.6 Å². The fraction of sp³-hybridized carbons (Fsp3) is 0.647. The van der Waals surface area contributed by atoms with Gasteiger partial charge < -0.3 is 10.5 Å². The van der Waals surface area contributed by atoms with Crippen molar-refractivity contribution in [2.24, 2.45) is 5.73 Å². The van der Waals surface area contributed by atoms with Crippen molar-refractivity contribution in [2.45, 2.75) is 51.9 Å². The average Bonchev–Trinajstić information content (AvgIpc) is 2.38. The third-order valence-electron chi connectivity index (χ3n) is 3.90. The molecule has 20 heavy (non-hydrogen) atoms. The van der Waals surface area contributed by atoms with E-state index in [9.17, 15) is 0 Å². The summed E-state index contributed by atoms with van der Waals surface area (Å²) in [5.41, 5.74) is 8.99. The Morgan fingerprint density at radius 1 is 1.20 bits per heavy atom. The van der Waals surface area contributed by atoms with E-state index in [4.69, 9.17) is 10.5 Å². The van der Waals surface area contributed by atoms with Crippen LogP contribution in [-0.2, 0) is 11.2 Å². The zero-order valence-electron chi connectivity index (χ0n) is 13.0. The molecule has 0 spiro atoms. The zero-order valence-corrected chi connectivity index (χ0v) is 13.0. The van der Waals surface area contributed by atoms with Crippen LogP contribution in [0.1, 0.15) is 44.4 Å². The molecule has 1 aliphatic rings. The topological polar surface area (TPSA) is 38.5 Å². The lowest BCUT2D eigenvalue weighted by atomic mass is 10.0. The monoisotopic (exact) mass is 276 g/mol. The molecule has 3 atom stereocenters. The summed E-state index contributed by atoms with van der Waals surface area (Å²) in [6.07, 6.45) is 2.94. The number of nitrogens with two attached hydrogens (primary N) is 1. The van der Waals surface area contributed by atoms with Crippen molar-refractivity contribution in [1.29, 1.82) is 0 Å². The van der Waals surface area contributed by atoms with Gasteiger partial charge in [0, 0.05) is 25.7 Å². The Labute approximate surface area is 123 Å². The van der Waals surface area contributed by atoms with Gasteiger partial charge in [-0.15, -0.1) is 0 Å². The maximum atomic E-state index is 6.36. The van der Waals surface area contributed by atoms with Gasteiger partial charge in [-0.3, -0.25) is 4.90 Å². The van der Waals surface area contributed by atoms with E-state index in [0.717, 1.165) is 26.1 Å². The van der Waals surface area contributed by atoms with Gasteiger partial charge in [0.05, 0.1) is 12.2 Å². The van der Waals surface area contributed by atoms with Crippen LogP contribution in [0.2, 0.25) is 0 Å². The van der Waals surface area contributed by atoms with Crippen molar-refractivity contribution in [3.05, 3.63) is 35.4 Å².